The van der Waals surface area contributed by atoms with Crippen molar-refractivity contribution in [1.82, 2.24) is 5.43 Å². The maximum Gasteiger partial charge on any atom is 0.277 e. The highest BCUT2D eigenvalue weighted by Crippen LogP contribution is 2.25. The summed E-state index contributed by atoms with van der Waals surface area (Å²) >= 11 is 1.64. The number of nitrogens with zero attached hydrogens (tertiary/aromatic N) is 2. The first-order chi connectivity index (χ1) is 12.6. The highest BCUT2D eigenvalue weighted by atomic mass is 32.1. The Morgan fingerprint density at radius 2 is 2.12 bits per heavy atom. The summed E-state index contributed by atoms with van der Waals surface area (Å²) in [6.45, 7) is 7.21. The molecule has 0 atom stereocenters. The minimum Gasteiger partial charge on any atom is -0.483 e. The van der Waals surface area contributed by atoms with E-state index in [1.807, 2.05) is 38.1 Å². The SMILES string of the molecule is Cc1ccc(C)c(OCC(=O)NN=Cc2ccc(N3CCOCC3)s2)c1. The number of carbonyl (C=O) groups excluding carboxylic acids is 1. The molecule has 2 aromatic rings. The number of aryl methyl sites for hydroxylation is 2. The van der Waals surface area contributed by atoms with E-state index in [0.29, 0.717) is 0 Å². The fourth-order valence-electron chi connectivity index (χ4n) is 2.57. The van der Waals surface area contributed by atoms with Crippen molar-refractivity contribution in [3.8, 4) is 5.75 Å². The second-order valence-corrected chi connectivity index (χ2v) is 7.22. The van der Waals surface area contributed by atoms with Gasteiger partial charge < -0.3 is 14.4 Å². The van der Waals surface area contributed by atoms with Crippen molar-refractivity contribution in [2.24, 2.45) is 5.10 Å². The minimum atomic E-state index is -0.285. The maximum absolute atomic E-state index is 11.9. The number of ether oxygens (including phenoxy) is 2. The van der Waals surface area contributed by atoms with Gasteiger partial charge in [0.2, 0.25) is 0 Å². The van der Waals surface area contributed by atoms with E-state index in [-0.39, 0.29) is 12.5 Å². The number of carbonyl (C=O) groups is 1. The molecule has 0 spiro atoms. The molecule has 3 rings (SSSR count). The molecule has 138 valence electrons. The Morgan fingerprint density at radius 1 is 1.31 bits per heavy atom. The van der Waals surface area contributed by atoms with Gasteiger partial charge in [-0.25, -0.2) is 5.43 Å². The van der Waals surface area contributed by atoms with E-state index in [9.17, 15) is 4.79 Å². The number of hydrazone groups is 1. The van der Waals surface area contributed by atoms with Crippen LogP contribution >= 0.6 is 11.3 Å². The van der Waals surface area contributed by atoms with Crippen LogP contribution in [0.5, 0.6) is 5.75 Å². The number of nitrogens with one attached hydrogen (secondary N) is 1. The topological polar surface area (TPSA) is 63.2 Å². The summed E-state index contributed by atoms with van der Waals surface area (Å²) < 4.78 is 10.9. The van der Waals surface area contributed by atoms with Gasteiger partial charge >= 0.3 is 0 Å². The van der Waals surface area contributed by atoms with Crippen molar-refractivity contribution < 1.29 is 14.3 Å². The Kier molecular flexibility index (Phi) is 6.25. The van der Waals surface area contributed by atoms with Crippen molar-refractivity contribution in [2.75, 3.05) is 37.8 Å². The average molecular weight is 373 g/mol. The predicted molar refractivity (Wildman–Crippen MR) is 104 cm³/mol. The summed E-state index contributed by atoms with van der Waals surface area (Å²) in [7, 11) is 0. The summed E-state index contributed by atoms with van der Waals surface area (Å²) in [4.78, 5) is 15.2. The van der Waals surface area contributed by atoms with E-state index in [1.54, 1.807) is 17.6 Å². The van der Waals surface area contributed by atoms with Crippen LogP contribution in [0, 0.1) is 13.8 Å². The molecule has 0 unspecified atom stereocenters. The Hall–Kier alpha value is -2.38. The molecule has 1 saturated heterocycles. The molecule has 2 heterocycles. The van der Waals surface area contributed by atoms with Crippen LogP contribution in [-0.2, 0) is 9.53 Å². The summed E-state index contributed by atoms with van der Waals surface area (Å²) in [6, 6.07) is 9.98. The molecule has 1 aromatic carbocycles. The lowest BCUT2D eigenvalue weighted by Crippen LogP contribution is -2.35. The largest absolute Gasteiger partial charge is 0.483 e. The molecular formula is C19H23N3O3S. The molecule has 0 saturated carbocycles. The third kappa shape index (κ3) is 5.06. The smallest absolute Gasteiger partial charge is 0.277 e. The van der Waals surface area contributed by atoms with Gasteiger partial charge in [-0.3, -0.25) is 4.79 Å². The second-order valence-electron chi connectivity index (χ2n) is 6.13. The van der Waals surface area contributed by atoms with Crippen LogP contribution in [0.2, 0.25) is 0 Å². The van der Waals surface area contributed by atoms with Gasteiger partial charge in [0.25, 0.3) is 5.91 Å². The molecule has 1 aliphatic rings. The summed E-state index contributed by atoms with van der Waals surface area (Å²) in [5, 5.41) is 5.21. The van der Waals surface area contributed by atoms with Crippen LogP contribution in [0.3, 0.4) is 0 Å². The van der Waals surface area contributed by atoms with Gasteiger partial charge in [0.05, 0.1) is 24.4 Å². The number of rotatable bonds is 6. The van der Waals surface area contributed by atoms with Crippen LogP contribution < -0.4 is 15.1 Å². The van der Waals surface area contributed by atoms with Gasteiger partial charge in [0, 0.05) is 18.0 Å². The first-order valence-electron chi connectivity index (χ1n) is 8.56. The lowest BCUT2D eigenvalue weighted by Gasteiger charge is -2.27. The molecule has 1 aromatic heterocycles. The van der Waals surface area contributed by atoms with Crippen molar-refractivity contribution >= 4 is 28.5 Å². The molecular weight excluding hydrogens is 350 g/mol. The van der Waals surface area contributed by atoms with Gasteiger partial charge in [-0.05, 0) is 43.2 Å². The van der Waals surface area contributed by atoms with E-state index in [0.717, 1.165) is 48.1 Å². The van der Waals surface area contributed by atoms with Gasteiger partial charge in [0.1, 0.15) is 5.75 Å². The minimum absolute atomic E-state index is 0.0644. The number of hydrogen-bond acceptors (Lipinski definition) is 6. The average Bonchev–Trinajstić information content (AvgIpc) is 3.12. The van der Waals surface area contributed by atoms with Crippen LogP contribution in [0.1, 0.15) is 16.0 Å². The molecule has 0 aliphatic carbocycles. The molecule has 1 amide bonds. The number of thiophene rings is 1. The third-order valence-corrected chi connectivity index (χ3v) is 5.10. The molecule has 6 nitrogen and oxygen atoms in total. The maximum atomic E-state index is 11.9. The van der Waals surface area contributed by atoms with Crippen LogP contribution in [0.4, 0.5) is 5.00 Å². The molecule has 1 fully saturated rings. The van der Waals surface area contributed by atoms with Gasteiger partial charge in [-0.15, -0.1) is 11.3 Å². The fraction of sp³-hybridized carbons (Fsp3) is 0.368. The molecule has 0 radical (unpaired) electrons. The number of anilines is 1. The quantitative estimate of drug-likeness (QED) is 0.625. The highest BCUT2D eigenvalue weighted by Gasteiger charge is 2.12. The van der Waals surface area contributed by atoms with Crippen LogP contribution in [-0.4, -0.2) is 45.0 Å². The van der Waals surface area contributed by atoms with E-state index >= 15 is 0 Å². The predicted octanol–water partition coefficient (Wildman–Crippen LogP) is 2.73. The standard InChI is InChI=1S/C19H23N3O3S/c1-14-3-4-15(2)17(11-14)25-13-18(23)21-20-12-16-5-6-19(26-16)22-7-9-24-10-8-22/h3-6,11-12H,7-10,13H2,1-2H3,(H,21,23). The Labute approximate surface area is 157 Å². The van der Waals surface area contributed by atoms with Crippen molar-refractivity contribution in [3.63, 3.8) is 0 Å². The third-order valence-electron chi connectivity index (χ3n) is 4.02. The summed E-state index contributed by atoms with van der Waals surface area (Å²) in [5.74, 6) is 0.435. The van der Waals surface area contributed by atoms with Crippen LogP contribution in [0.25, 0.3) is 0 Å². The number of hydrogen-bond donors (Lipinski definition) is 1. The Morgan fingerprint density at radius 3 is 2.92 bits per heavy atom. The second kappa shape index (κ2) is 8.82. The summed E-state index contributed by atoms with van der Waals surface area (Å²) in [5.41, 5.74) is 4.60. The molecule has 1 aliphatic heterocycles. The van der Waals surface area contributed by atoms with Gasteiger partial charge in [-0.2, -0.15) is 5.10 Å². The number of morpholine rings is 1. The van der Waals surface area contributed by atoms with Crippen molar-refractivity contribution in [1.29, 1.82) is 0 Å². The summed E-state index contributed by atoms with van der Waals surface area (Å²) in [6.07, 6.45) is 1.66. The fourth-order valence-corrected chi connectivity index (χ4v) is 3.50. The molecule has 7 heteroatoms. The van der Waals surface area contributed by atoms with E-state index in [2.05, 4.69) is 21.5 Å². The number of amides is 1. The zero-order valence-electron chi connectivity index (χ0n) is 15.0. The lowest BCUT2D eigenvalue weighted by molar-refractivity contribution is -0.123. The molecule has 0 bridgehead atoms. The van der Waals surface area contributed by atoms with Crippen LogP contribution in [0.15, 0.2) is 35.4 Å². The zero-order valence-corrected chi connectivity index (χ0v) is 15.8. The Bertz CT molecular complexity index is 782. The molecule has 26 heavy (non-hydrogen) atoms. The van der Waals surface area contributed by atoms with E-state index in [1.165, 1.54) is 5.00 Å². The molecule has 1 N–H and O–H groups in total. The normalized spacial score (nSPS) is 14.6. The van der Waals surface area contributed by atoms with E-state index < -0.39 is 0 Å². The highest BCUT2D eigenvalue weighted by molar-refractivity contribution is 7.17. The van der Waals surface area contributed by atoms with Gasteiger partial charge in [0.15, 0.2) is 6.61 Å². The van der Waals surface area contributed by atoms with Crippen molar-refractivity contribution in [2.45, 2.75) is 13.8 Å². The van der Waals surface area contributed by atoms with Crippen molar-refractivity contribution in [3.05, 3.63) is 46.3 Å². The number of benzene rings is 1. The first kappa shape index (κ1) is 18.4. The van der Waals surface area contributed by atoms with E-state index in [4.69, 9.17) is 9.47 Å². The Balaban J connectivity index is 1.46. The zero-order chi connectivity index (χ0) is 18.4. The first-order valence-corrected chi connectivity index (χ1v) is 9.38. The lowest BCUT2D eigenvalue weighted by atomic mass is 10.1. The monoisotopic (exact) mass is 373 g/mol. The van der Waals surface area contributed by atoms with Gasteiger partial charge in [-0.1, -0.05) is 12.1 Å².